The number of amides is 2. The van der Waals surface area contributed by atoms with E-state index in [-0.39, 0.29) is 11.8 Å². The fourth-order valence-electron chi connectivity index (χ4n) is 1.88. The lowest BCUT2D eigenvalue weighted by Gasteiger charge is -2.16. The highest BCUT2D eigenvalue weighted by atomic mass is 16.2. The third-order valence-corrected chi connectivity index (χ3v) is 3.05. The summed E-state index contributed by atoms with van der Waals surface area (Å²) in [7, 11) is 1.57. The number of carbonyl (C=O) groups excluding carboxylic acids is 2. The molecule has 0 radical (unpaired) electrons. The summed E-state index contributed by atoms with van der Waals surface area (Å²) >= 11 is 0. The largest absolute Gasteiger partial charge is 0.355 e. The maximum absolute atomic E-state index is 12.0. The van der Waals surface area contributed by atoms with Gasteiger partial charge in [0, 0.05) is 18.3 Å². The Kier molecular flexibility index (Phi) is 5.70. The molecule has 2 amide bonds. The van der Waals surface area contributed by atoms with E-state index in [2.05, 4.69) is 10.6 Å². The number of hydrogen-bond acceptors (Lipinski definition) is 3. The quantitative estimate of drug-likeness (QED) is 0.765. The van der Waals surface area contributed by atoms with Crippen LogP contribution in [0.4, 0.5) is 5.69 Å². The average Bonchev–Trinajstić information content (AvgIpc) is 2.39. The lowest BCUT2D eigenvalue weighted by molar-refractivity contribution is -0.117. The van der Waals surface area contributed by atoms with Crippen LogP contribution in [-0.4, -0.2) is 24.9 Å². The minimum Gasteiger partial charge on any atom is -0.355 e. The number of rotatable bonds is 5. The number of carbonyl (C=O) groups is 2. The number of nitrogens with two attached hydrogens (primary N) is 1. The van der Waals surface area contributed by atoms with Gasteiger partial charge in [-0.3, -0.25) is 9.59 Å². The van der Waals surface area contributed by atoms with Crippen molar-refractivity contribution < 1.29 is 9.59 Å². The highest BCUT2D eigenvalue weighted by molar-refractivity contribution is 5.99. The second-order valence-electron chi connectivity index (χ2n) is 5.33. The fourth-order valence-corrected chi connectivity index (χ4v) is 1.88. The summed E-state index contributed by atoms with van der Waals surface area (Å²) in [6.07, 6.45) is 0.625. The van der Waals surface area contributed by atoms with E-state index < -0.39 is 6.04 Å². The van der Waals surface area contributed by atoms with Crippen molar-refractivity contribution in [2.45, 2.75) is 33.2 Å². The maximum Gasteiger partial charge on any atom is 0.251 e. The number of hydrogen-bond donors (Lipinski definition) is 3. The van der Waals surface area contributed by atoms with Gasteiger partial charge in [-0.25, -0.2) is 0 Å². The molecule has 1 aromatic rings. The smallest absolute Gasteiger partial charge is 0.251 e. The maximum atomic E-state index is 12.0. The average molecular weight is 277 g/mol. The summed E-state index contributed by atoms with van der Waals surface area (Å²) in [5, 5.41) is 5.34. The van der Waals surface area contributed by atoms with Crippen molar-refractivity contribution in [2.24, 2.45) is 11.7 Å². The van der Waals surface area contributed by atoms with Gasteiger partial charge in [-0.2, -0.15) is 0 Å². The standard InChI is InChI=1S/C15H23N3O2/c1-9(2)7-12(16)15(20)18-13-8-11(14(19)17-4)6-5-10(13)3/h5-6,8-9,12H,7,16H2,1-4H3,(H,17,19)(H,18,20). The predicted octanol–water partition coefficient (Wildman–Crippen LogP) is 1.67. The number of nitrogens with one attached hydrogen (secondary N) is 2. The molecule has 0 fully saturated rings. The van der Waals surface area contributed by atoms with E-state index in [0.29, 0.717) is 23.6 Å². The molecule has 0 saturated carbocycles. The molecule has 0 bridgehead atoms. The zero-order valence-corrected chi connectivity index (χ0v) is 12.5. The zero-order chi connectivity index (χ0) is 15.3. The van der Waals surface area contributed by atoms with Crippen LogP contribution >= 0.6 is 0 Å². The van der Waals surface area contributed by atoms with Crippen molar-refractivity contribution in [3.05, 3.63) is 29.3 Å². The summed E-state index contributed by atoms with van der Waals surface area (Å²) in [5.41, 5.74) is 7.87. The monoisotopic (exact) mass is 277 g/mol. The Bertz CT molecular complexity index is 498. The van der Waals surface area contributed by atoms with Gasteiger partial charge >= 0.3 is 0 Å². The number of anilines is 1. The van der Waals surface area contributed by atoms with E-state index >= 15 is 0 Å². The molecule has 4 N–H and O–H groups in total. The Balaban J connectivity index is 2.86. The van der Waals surface area contributed by atoms with Gasteiger partial charge in [-0.1, -0.05) is 19.9 Å². The van der Waals surface area contributed by atoms with Gasteiger partial charge in [-0.05, 0) is 37.0 Å². The first kappa shape index (κ1) is 16.2. The molecule has 0 aliphatic carbocycles. The molecule has 0 aliphatic heterocycles. The highest BCUT2D eigenvalue weighted by Gasteiger charge is 2.16. The molecule has 1 rings (SSSR count). The zero-order valence-electron chi connectivity index (χ0n) is 12.5. The Labute approximate surface area is 119 Å². The van der Waals surface area contributed by atoms with Gasteiger partial charge in [0.1, 0.15) is 0 Å². The van der Waals surface area contributed by atoms with E-state index in [9.17, 15) is 9.59 Å². The molecule has 1 unspecified atom stereocenters. The first-order valence-electron chi connectivity index (χ1n) is 6.74. The van der Waals surface area contributed by atoms with Crippen LogP contribution in [0.5, 0.6) is 0 Å². The van der Waals surface area contributed by atoms with Crippen molar-refractivity contribution >= 4 is 17.5 Å². The van der Waals surface area contributed by atoms with Gasteiger partial charge in [0.2, 0.25) is 5.91 Å². The summed E-state index contributed by atoms with van der Waals surface area (Å²) < 4.78 is 0. The Morgan fingerprint density at radius 3 is 2.50 bits per heavy atom. The van der Waals surface area contributed by atoms with Crippen molar-refractivity contribution in [2.75, 3.05) is 12.4 Å². The molecule has 0 saturated heterocycles. The predicted molar refractivity (Wildman–Crippen MR) is 80.6 cm³/mol. The molecular weight excluding hydrogens is 254 g/mol. The van der Waals surface area contributed by atoms with E-state index in [1.807, 2.05) is 20.8 Å². The highest BCUT2D eigenvalue weighted by Crippen LogP contribution is 2.17. The summed E-state index contributed by atoms with van der Waals surface area (Å²) in [6.45, 7) is 5.91. The molecule has 0 aliphatic rings. The Morgan fingerprint density at radius 2 is 1.95 bits per heavy atom. The van der Waals surface area contributed by atoms with Crippen LogP contribution in [0.2, 0.25) is 0 Å². The van der Waals surface area contributed by atoms with Gasteiger partial charge in [0.15, 0.2) is 0 Å². The van der Waals surface area contributed by atoms with E-state index in [1.165, 1.54) is 0 Å². The van der Waals surface area contributed by atoms with Crippen LogP contribution in [0.15, 0.2) is 18.2 Å². The van der Waals surface area contributed by atoms with Gasteiger partial charge in [-0.15, -0.1) is 0 Å². The molecule has 5 nitrogen and oxygen atoms in total. The normalized spacial score (nSPS) is 12.1. The topological polar surface area (TPSA) is 84.2 Å². The van der Waals surface area contributed by atoms with Crippen LogP contribution in [-0.2, 0) is 4.79 Å². The van der Waals surface area contributed by atoms with Crippen LogP contribution in [0, 0.1) is 12.8 Å². The second kappa shape index (κ2) is 7.05. The van der Waals surface area contributed by atoms with E-state index in [1.54, 1.807) is 25.2 Å². The van der Waals surface area contributed by atoms with Crippen LogP contribution in [0.25, 0.3) is 0 Å². The van der Waals surface area contributed by atoms with Gasteiger partial charge in [0.25, 0.3) is 5.91 Å². The Hall–Kier alpha value is -1.88. The first-order chi connectivity index (χ1) is 9.35. The molecule has 110 valence electrons. The minimum absolute atomic E-state index is 0.188. The molecule has 0 aromatic heterocycles. The molecule has 1 aromatic carbocycles. The fraction of sp³-hybridized carbons (Fsp3) is 0.467. The van der Waals surface area contributed by atoms with Crippen molar-refractivity contribution in [3.8, 4) is 0 Å². The molecular formula is C15H23N3O2. The third kappa shape index (κ3) is 4.35. The molecule has 5 heteroatoms. The van der Waals surface area contributed by atoms with Crippen LogP contribution < -0.4 is 16.4 Å². The SMILES string of the molecule is CNC(=O)c1ccc(C)c(NC(=O)C(N)CC(C)C)c1. The van der Waals surface area contributed by atoms with Crippen LogP contribution in [0.1, 0.15) is 36.2 Å². The van der Waals surface area contributed by atoms with Crippen molar-refractivity contribution in [3.63, 3.8) is 0 Å². The Morgan fingerprint density at radius 1 is 1.30 bits per heavy atom. The summed E-state index contributed by atoms with van der Waals surface area (Å²) in [6, 6.07) is 4.64. The minimum atomic E-state index is -0.543. The van der Waals surface area contributed by atoms with Gasteiger partial charge in [0.05, 0.1) is 6.04 Å². The summed E-state index contributed by atoms with van der Waals surface area (Å²) in [5.74, 6) is -0.0584. The number of aryl methyl sites for hydroxylation is 1. The van der Waals surface area contributed by atoms with E-state index in [4.69, 9.17) is 5.73 Å². The van der Waals surface area contributed by atoms with Crippen LogP contribution in [0.3, 0.4) is 0 Å². The number of benzene rings is 1. The molecule has 0 heterocycles. The second-order valence-corrected chi connectivity index (χ2v) is 5.33. The lowest BCUT2D eigenvalue weighted by atomic mass is 10.0. The third-order valence-electron chi connectivity index (χ3n) is 3.05. The summed E-state index contributed by atoms with van der Waals surface area (Å²) in [4.78, 5) is 23.6. The van der Waals surface area contributed by atoms with Crippen molar-refractivity contribution in [1.82, 2.24) is 5.32 Å². The molecule has 1 atom stereocenters. The molecule has 0 spiro atoms. The van der Waals surface area contributed by atoms with Crippen molar-refractivity contribution in [1.29, 1.82) is 0 Å². The first-order valence-corrected chi connectivity index (χ1v) is 6.74. The molecule has 20 heavy (non-hydrogen) atoms. The van der Waals surface area contributed by atoms with Gasteiger partial charge < -0.3 is 16.4 Å². The van der Waals surface area contributed by atoms with E-state index in [0.717, 1.165) is 5.56 Å². The lowest BCUT2D eigenvalue weighted by Crippen LogP contribution is -2.36.